The standard InChI is InChI=1S/C21H25F2N3OS/c1-14-24-18(13-28-14)12-25-8-6-15(7-9-25)21(27)26(19-4-5-19)11-16-2-3-17(22)10-20(16)23/h2-3,10,13,15,19H,4-9,11-12H2,1H3. The lowest BCUT2D eigenvalue weighted by Crippen LogP contribution is -2.43. The number of thiazole rings is 1. The number of hydrogen-bond donors (Lipinski definition) is 0. The molecule has 1 aliphatic heterocycles. The van der Waals surface area contributed by atoms with Crippen molar-refractivity contribution in [1.29, 1.82) is 0 Å². The molecule has 1 amide bonds. The van der Waals surface area contributed by atoms with Crippen LogP contribution in [0.25, 0.3) is 0 Å². The SMILES string of the molecule is Cc1nc(CN2CCC(C(=O)N(Cc3ccc(F)cc3F)C3CC3)CC2)cs1. The lowest BCUT2D eigenvalue weighted by atomic mass is 9.94. The van der Waals surface area contributed by atoms with Crippen molar-refractivity contribution in [3.63, 3.8) is 0 Å². The Hall–Kier alpha value is -1.86. The number of likely N-dealkylation sites (tertiary alicyclic amines) is 1. The predicted molar refractivity (Wildman–Crippen MR) is 105 cm³/mol. The summed E-state index contributed by atoms with van der Waals surface area (Å²) in [6.45, 7) is 4.81. The number of carbonyl (C=O) groups excluding carboxylic acids is 1. The zero-order chi connectivity index (χ0) is 19.7. The van der Waals surface area contributed by atoms with Crippen LogP contribution in [-0.2, 0) is 17.9 Å². The molecular weight excluding hydrogens is 380 g/mol. The molecule has 4 rings (SSSR count). The molecule has 0 bridgehead atoms. The number of hydrogen-bond acceptors (Lipinski definition) is 4. The number of aryl methyl sites for hydroxylation is 1. The predicted octanol–water partition coefficient (Wildman–Crippen LogP) is 4.13. The monoisotopic (exact) mass is 405 g/mol. The molecule has 0 spiro atoms. The quantitative estimate of drug-likeness (QED) is 0.725. The lowest BCUT2D eigenvalue weighted by Gasteiger charge is -2.34. The van der Waals surface area contributed by atoms with Gasteiger partial charge in [-0.3, -0.25) is 9.69 Å². The fourth-order valence-corrected chi connectivity index (χ4v) is 4.49. The summed E-state index contributed by atoms with van der Waals surface area (Å²) in [5.74, 6) is -1.06. The average Bonchev–Trinajstić information content (AvgIpc) is 3.43. The normalized spacial score (nSPS) is 18.4. The highest BCUT2D eigenvalue weighted by molar-refractivity contribution is 7.09. The topological polar surface area (TPSA) is 36.4 Å². The first-order chi connectivity index (χ1) is 13.5. The molecule has 2 aromatic rings. The van der Waals surface area contributed by atoms with Gasteiger partial charge in [0.15, 0.2) is 0 Å². The average molecular weight is 406 g/mol. The minimum atomic E-state index is -0.590. The molecule has 1 aromatic carbocycles. The second kappa shape index (κ2) is 8.25. The van der Waals surface area contributed by atoms with E-state index in [0.29, 0.717) is 5.56 Å². The molecule has 7 heteroatoms. The van der Waals surface area contributed by atoms with E-state index in [1.807, 2.05) is 11.8 Å². The zero-order valence-electron chi connectivity index (χ0n) is 16.0. The van der Waals surface area contributed by atoms with E-state index >= 15 is 0 Å². The Morgan fingerprint density at radius 2 is 2.00 bits per heavy atom. The highest BCUT2D eigenvalue weighted by Crippen LogP contribution is 2.32. The third kappa shape index (κ3) is 4.58. The van der Waals surface area contributed by atoms with Gasteiger partial charge >= 0.3 is 0 Å². The van der Waals surface area contributed by atoms with Gasteiger partial charge in [-0.05, 0) is 51.8 Å². The molecule has 0 radical (unpaired) electrons. The van der Waals surface area contributed by atoms with Crippen molar-refractivity contribution in [2.45, 2.75) is 51.7 Å². The molecule has 150 valence electrons. The Bertz CT molecular complexity index is 844. The molecule has 1 saturated carbocycles. The summed E-state index contributed by atoms with van der Waals surface area (Å²) in [4.78, 5) is 21.8. The fourth-order valence-electron chi connectivity index (χ4n) is 3.89. The molecule has 1 aliphatic carbocycles. The van der Waals surface area contributed by atoms with Crippen LogP contribution in [0.1, 0.15) is 41.9 Å². The Labute approximate surface area is 168 Å². The number of aromatic nitrogens is 1. The van der Waals surface area contributed by atoms with Crippen molar-refractivity contribution in [2.24, 2.45) is 5.92 Å². The van der Waals surface area contributed by atoms with Gasteiger partial charge in [-0.1, -0.05) is 6.07 Å². The molecule has 2 heterocycles. The van der Waals surface area contributed by atoms with Gasteiger partial charge in [0, 0.05) is 42.1 Å². The number of carbonyl (C=O) groups is 1. The third-order valence-electron chi connectivity index (χ3n) is 5.62. The van der Waals surface area contributed by atoms with E-state index in [-0.39, 0.29) is 24.4 Å². The molecule has 0 atom stereocenters. The second-order valence-corrected chi connectivity index (χ2v) is 8.90. The summed E-state index contributed by atoms with van der Waals surface area (Å²) in [6.07, 6.45) is 3.57. The Kier molecular flexibility index (Phi) is 5.73. The highest BCUT2D eigenvalue weighted by atomic mass is 32.1. The van der Waals surface area contributed by atoms with Crippen molar-refractivity contribution in [3.05, 3.63) is 51.5 Å². The van der Waals surface area contributed by atoms with Crippen molar-refractivity contribution < 1.29 is 13.6 Å². The third-order valence-corrected chi connectivity index (χ3v) is 6.44. The summed E-state index contributed by atoms with van der Waals surface area (Å²) < 4.78 is 27.2. The molecule has 2 fully saturated rings. The molecule has 28 heavy (non-hydrogen) atoms. The molecule has 4 nitrogen and oxygen atoms in total. The van der Waals surface area contributed by atoms with Crippen molar-refractivity contribution in [1.82, 2.24) is 14.8 Å². The summed E-state index contributed by atoms with van der Waals surface area (Å²) >= 11 is 1.66. The first kappa shape index (κ1) is 19.5. The molecule has 1 aromatic heterocycles. The molecule has 1 saturated heterocycles. The number of halogens is 2. The maximum Gasteiger partial charge on any atom is 0.226 e. The maximum absolute atomic E-state index is 14.1. The van der Waals surface area contributed by atoms with Crippen LogP contribution in [0.3, 0.4) is 0 Å². The van der Waals surface area contributed by atoms with Crippen LogP contribution >= 0.6 is 11.3 Å². The van der Waals surface area contributed by atoms with E-state index in [2.05, 4.69) is 15.3 Å². The Morgan fingerprint density at radius 3 is 2.61 bits per heavy atom. The van der Waals surface area contributed by atoms with Crippen LogP contribution < -0.4 is 0 Å². The minimum Gasteiger partial charge on any atom is -0.335 e. The van der Waals surface area contributed by atoms with Gasteiger partial charge in [-0.2, -0.15) is 0 Å². The van der Waals surface area contributed by atoms with Crippen molar-refractivity contribution in [2.75, 3.05) is 13.1 Å². The van der Waals surface area contributed by atoms with Crippen LogP contribution in [0.5, 0.6) is 0 Å². The van der Waals surface area contributed by atoms with Gasteiger partial charge in [0.05, 0.1) is 10.7 Å². The van der Waals surface area contributed by atoms with E-state index < -0.39 is 11.6 Å². The van der Waals surface area contributed by atoms with Gasteiger partial charge in [0.1, 0.15) is 11.6 Å². The number of benzene rings is 1. The highest BCUT2D eigenvalue weighted by Gasteiger charge is 2.37. The number of nitrogens with zero attached hydrogens (tertiary/aromatic N) is 3. The van der Waals surface area contributed by atoms with E-state index in [0.717, 1.165) is 62.1 Å². The van der Waals surface area contributed by atoms with Crippen LogP contribution in [0.15, 0.2) is 23.6 Å². The Morgan fingerprint density at radius 1 is 1.25 bits per heavy atom. The first-order valence-corrected chi connectivity index (χ1v) is 10.8. The van der Waals surface area contributed by atoms with Crippen LogP contribution in [0.4, 0.5) is 8.78 Å². The van der Waals surface area contributed by atoms with Gasteiger partial charge < -0.3 is 4.90 Å². The lowest BCUT2D eigenvalue weighted by molar-refractivity contribution is -0.138. The molecule has 0 unspecified atom stereocenters. The van der Waals surface area contributed by atoms with Gasteiger partial charge in [0.2, 0.25) is 5.91 Å². The Balaban J connectivity index is 1.36. The van der Waals surface area contributed by atoms with Crippen LogP contribution in [-0.4, -0.2) is 39.8 Å². The summed E-state index contributed by atoms with van der Waals surface area (Å²) in [5, 5.41) is 3.17. The molecular formula is C21H25F2N3OS. The second-order valence-electron chi connectivity index (χ2n) is 7.84. The largest absolute Gasteiger partial charge is 0.335 e. The summed E-state index contributed by atoms with van der Waals surface area (Å²) in [5.41, 5.74) is 1.48. The van der Waals surface area contributed by atoms with Gasteiger partial charge in [-0.15, -0.1) is 11.3 Å². The van der Waals surface area contributed by atoms with Gasteiger partial charge in [0.25, 0.3) is 0 Å². The van der Waals surface area contributed by atoms with Crippen LogP contribution in [0, 0.1) is 24.5 Å². The first-order valence-electron chi connectivity index (χ1n) is 9.87. The van der Waals surface area contributed by atoms with E-state index in [4.69, 9.17) is 0 Å². The van der Waals surface area contributed by atoms with Crippen LogP contribution in [0.2, 0.25) is 0 Å². The number of piperidine rings is 1. The summed E-state index contributed by atoms with van der Waals surface area (Å²) in [7, 11) is 0. The zero-order valence-corrected chi connectivity index (χ0v) is 16.9. The van der Waals surface area contributed by atoms with E-state index in [1.165, 1.54) is 12.1 Å². The van der Waals surface area contributed by atoms with Crippen molar-refractivity contribution >= 4 is 17.2 Å². The minimum absolute atomic E-state index is 0.0162. The summed E-state index contributed by atoms with van der Waals surface area (Å²) in [6, 6.07) is 3.80. The number of amides is 1. The smallest absolute Gasteiger partial charge is 0.226 e. The van der Waals surface area contributed by atoms with Gasteiger partial charge in [-0.25, -0.2) is 13.8 Å². The maximum atomic E-state index is 14.1. The molecule has 2 aliphatic rings. The van der Waals surface area contributed by atoms with E-state index in [1.54, 1.807) is 11.3 Å². The molecule has 0 N–H and O–H groups in total. The van der Waals surface area contributed by atoms with E-state index in [9.17, 15) is 13.6 Å². The fraction of sp³-hybridized carbons (Fsp3) is 0.524. The van der Waals surface area contributed by atoms with Crippen molar-refractivity contribution in [3.8, 4) is 0 Å². The number of rotatable bonds is 6.